The molecule has 1 fully saturated rings. The highest BCUT2D eigenvalue weighted by Crippen LogP contribution is 2.32. The van der Waals surface area contributed by atoms with Gasteiger partial charge in [-0.05, 0) is 46.8 Å². The van der Waals surface area contributed by atoms with Crippen LogP contribution in [0.4, 0.5) is 0 Å². The summed E-state index contributed by atoms with van der Waals surface area (Å²) in [5, 5.41) is 0.107. The average molecular weight is 416 g/mol. The molecule has 0 amide bonds. The Morgan fingerprint density at radius 3 is 2.52 bits per heavy atom. The standard InChI is InChI=1S/C13H13BrCl2O4S/c14-11-6-9(21(16,18)19)5-10(12(11)15)13(17)20-7-8-3-1-2-4-8/h5-6,8H,1-4,7H2. The number of rotatable bonds is 4. The van der Waals surface area contributed by atoms with E-state index in [1.807, 2.05) is 0 Å². The fourth-order valence-electron chi connectivity index (χ4n) is 2.30. The summed E-state index contributed by atoms with van der Waals surface area (Å²) in [7, 11) is 1.34. The molecule has 1 aromatic rings. The van der Waals surface area contributed by atoms with Crippen LogP contribution in [0.1, 0.15) is 36.0 Å². The molecule has 116 valence electrons. The fraction of sp³-hybridized carbons (Fsp3) is 0.462. The lowest BCUT2D eigenvalue weighted by Crippen LogP contribution is -2.13. The van der Waals surface area contributed by atoms with Crippen LogP contribution < -0.4 is 0 Å². The summed E-state index contributed by atoms with van der Waals surface area (Å²) in [6.07, 6.45) is 4.38. The van der Waals surface area contributed by atoms with Gasteiger partial charge in [-0.1, -0.05) is 24.4 Å². The summed E-state index contributed by atoms with van der Waals surface area (Å²) in [4.78, 5) is 11.9. The summed E-state index contributed by atoms with van der Waals surface area (Å²) < 4.78 is 28.3. The number of halogens is 3. The third kappa shape index (κ3) is 4.34. The second kappa shape index (κ2) is 6.86. The maximum atomic E-state index is 12.1. The van der Waals surface area contributed by atoms with Crippen LogP contribution in [0, 0.1) is 5.92 Å². The Bertz CT molecular complexity index is 654. The monoisotopic (exact) mass is 414 g/mol. The lowest BCUT2D eigenvalue weighted by Gasteiger charge is -2.12. The topological polar surface area (TPSA) is 60.4 Å². The molecule has 2 rings (SSSR count). The van der Waals surface area contributed by atoms with Gasteiger partial charge in [0.1, 0.15) is 0 Å². The van der Waals surface area contributed by atoms with E-state index in [9.17, 15) is 13.2 Å². The molecule has 0 radical (unpaired) electrons. The van der Waals surface area contributed by atoms with Gasteiger partial charge in [0.25, 0.3) is 9.05 Å². The molecular formula is C13H13BrCl2O4S. The van der Waals surface area contributed by atoms with E-state index >= 15 is 0 Å². The molecule has 4 nitrogen and oxygen atoms in total. The number of carbonyl (C=O) groups is 1. The largest absolute Gasteiger partial charge is 0.462 e. The molecule has 0 saturated heterocycles. The molecule has 0 heterocycles. The fourth-order valence-corrected chi connectivity index (χ4v) is 3.88. The van der Waals surface area contributed by atoms with Gasteiger partial charge in [0.05, 0.1) is 22.1 Å². The van der Waals surface area contributed by atoms with Gasteiger partial charge in [0.15, 0.2) is 0 Å². The van der Waals surface area contributed by atoms with Crippen molar-refractivity contribution in [2.24, 2.45) is 5.92 Å². The van der Waals surface area contributed by atoms with Crippen molar-refractivity contribution >= 4 is 53.2 Å². The smallest absolute Gasteiger partial charge is 0.339 e. The minimum atomic E-state index is -3.95. The lowest BCUT2D eigenvalue weighted by atomic mass is 10.1. The molecule has 0 spiro atoms. The van der Waals surface area contributed by atoms with Crippen molar-refractivity contribution in [2.75, 3.05) is 6.61 Å². The maximum Gasteiger partial charge on any atom is 0.339 e. The SMILES string of the molecule is O=C(OCC1CCCC1)c1cc(S(=O)(=O)Cl)cc(Br)c1Cl. The Morgan fingerprint density at radius 1 is 1.33 bits per heavy atom. The highest BCUT2D eigenvalue weighted by Gasteiger charge is 2.22. The van der Waals surface area contributed by atoms with Crippen LogP contribution in [-0.2, 0) is 13.8 Å². The summed E-state index contributed by atoms with van der Waals surface area (Å²) in [6, 6.07) is 2.38. The van der Waals surface area contributed by atoms with Gasteiger partial charge < -0.3 is 4.74 Å². The maximum absolute atomic E-state index is 12.1. The van der Waals surface area contributed by atoms with E-state index < -0.39 is 15.0 Å². The van der Waals surface area contributed by atoms with E-state index in [0.29, 0.717) is 12.5 Å². The van der Waals surface area contributed by atoms with E-state index in [1.54, 1.807) is 0 Å². The highest BCUT2D eigenvalue weighted by molar-refractivity contribution is 9.10. The Hall–Kier alpha value is -0.300. The van der Waals surface area contributed by atoms with Crippen LogP contribution in [0.5, 0.6) is 0 Å². The molecule has 0 N–H and O–H groups in total. The normalized spacial score (nSPS) is 16.1. The third-order valence-corrected chi connectivity index (χ3v) is 6.02. The first-order chi connectivity index (χ1) is 9.79. The Kier molecular flexibility index (Phi) is 5.57. The number of esters is 1. The van der Waals surface area contributed by atoms with E-state index in [0.717, 1.165) is 31.7 Å². The molecule has 1 aromatic carbocycles. The molecule has 1 aliphatic carbocycles. The van der Waals surface area contributed by atoms with Crippen LogP contribution in [0.2, 0.25) is 5.02 Å². The van der Waals surface area contributed by atoms with Crippen molar-refractivity contribution in [2.45, 2.75) is 30.6 Å². The van der Waals surface area contributed by atoms with Gasteiger partial charge in [-0.25, -0.2) is 13.2 Å². The van der Waals surface area contributed by atoms with E-state index in [4.69, 9.17) is 27.0 Å². The van der Waals surface area contributed by atoms with Gasteiger partial charge in [0.2, 0.25) is 0 Å². The van der Waals surface area contributed by atoms with Gasteiger partial charge in [-0.3, -0.25) is 0 Å². The second-order valence-electron chi connectivity index (χ2n) is 4.95. The number of hydrogen-bond donors (Lipinski definition) is 0. The van der Waals surface area contributed by atoms with Crippen molar-refractivity contribution in [3.8, 4) is 0 Å². The minimum absolute atomic E-state index is 0.0109. The molecule has 21 heavy (non-hydrogen) atoms. The summed E-state index contributed by atoms with van der Waals surface area (Å²) in [5.74, 6) is -0.272. The van der Waals surface area contributed by atoms with Gasteiger partial charge in [-0.2, -0.15) is 0 Å². The Balaban J connectivity index is 2.21. The summed E-state index contributed by atoms with van der Waals surface area (Å²) in [5.41, 5.74) is -0.0109. The minimum Gasteiger partial charge on any atom is -0.462 e. The Morgan fingerprint density at radius 2 is 1.95 bits per heavy atom. The van der Waals surface area contributed by atoms with Gasteiger partial charge in [-0.15, -0.1) is 0 Å². The zero-order valence-corrected chi connectivity index (χ0v) is 14.9. The summed E-state index contributed by atoms with van der Waals surface area (Å²) >= 11 is 9.13. The molecular weight excluding hydrogens is 403 g/mol. The second-order valence-corrected chi connectivity index (χ2v) is 8.75. The van der Waals surface area contributed by atoms with E-state index in [1.165, 1.54) is 6.07 Å². The number of benzene rings is 1. The van der Waals surface area contributed by atoms with Crippen molar-refractivity contribution in [3.05, 3.63) is 27.2 Å². The molecule has 0 atom stereocenters. The first kappa shape index (κ1) is 17.1. The molecule has 0 bridgehead atoms. The van der Waals surface area contributed by atoms with Crippen LogP contribution in [0.15, 0.2) is 21.5 Å². The van der Waals surface area contributed by atoms with Crippen LogP contribution in [0.3, 0.4) is 0 Å². The Labute approximate surface area is 141 Å². The molecule has 8 heteroatoms. The molecule has 1 aliphatic rings. The predicted octanol–water partition coefficient (Wildman–Crippen LogP) is 4.38. The zero-order valence-electron chi connectivity index (χ0n) is 10.9. The number of hydrogen-bond acceptors (Lipinski definition) is 4. The van der Waals surface area contributed by atoms with Crippen molar-refractivity contribution < 1.29 is 17.9 Å². The van der Waals surface area contributed by atoms with Crippen LogP contribution >= 0.6 is 38.2 Å². The zero-order chi connectivity index (χ0) is 15.6. The third-order valence-electron chi connectivity index (χ3n) is 3.43. The number of carbonyl (C=O) groups excluding carboxylic acids is 1. The number of ether oxygens (including phenoxy) is 1. The first-order valence-corrected chi connectivity index (χ1v) is 9.88. The van der Waals surface area contributed by atoms with Crippen molar-refractivity contribution in [3.63, 3.8) is 0 Å². The average Bonchev–Trinajstić information content (AvgIpc) is 2.91. The molecule has 0 aliphatic heterocycles. The van der Waals surface area contributed by atoms with Gasteiger partial charge in [0, 0.05) is 15.2 Å². The first-order valence-electron chi connectivity index (χ1n) is 6.40. The predicted molar refractivity (Wildman–Crippen MR) is 84.4 cm³/mol. The molecule has 1 saturated carbocycles. The van der Waals surface area contributed by atoms with Crippen molar-refractivity contribution in [1.82, 2.24) is 0 Å². The van der Waals surface area contributed by atoms with Crippen molar-refractivity contribution in [1.29, 1.82) is 0 Å². The lowest BCUT2D eigenvalue weighted by molar-refractivity contribution is 0.0442. The quantitative estimate of drug-likeness (QED) is 0.540. The van der Waals surface area contributed by atoms with E-state index in [-0.39, 0.29) is 20.0 Å². The van der Waals surface area contributed by atoms with Crippen LogP contribution in [0.25, 0.3) is 0 Å². The highest BCUT2D eigenvalue weighted by atomic mass is 79.9. The van der Waals surface area contributed by atoms with Crippen LogP contribution in [-0.4, -0.2) is 21.0 Å². The summed E-state index contributed by atoms with van der Waals surface area (Å²) in [6.45, 7) is 0.324. The van der Waals surface area contributed by atoms with Gasteiger partial charge >= 0.3 is 5.97 Å². The molecule has 0 unspecified atom stereocenters. The van der Waals surface area contributed by atoms with E-state index in [2.05, 4.69) is 15.9 Å². The molecule has 0 aromatic heterocycles.